The van der Waals surface area contributed by atoms with Crippen LogP contribution in [0, 0.1) is 0 Å². The number of aromatic nitrogens is 2. The van der Waals surface area contributed by atoms with Gasteiger partial charge in [-0.1, -0.05) is 0 Å². The molecule has 5 rings (SSSR count). The second-order valence-corrected chi connectivity index (χ2v) is 10.9. The van der Waals surface area contributed by atoms with Gasteiger partial charge in [0.2, 0.25) is 5.91 Å². The van der Waals surface area contributed by atoms with Crippen LogP contribution in [0.4, 0.5) is 16.3 Å². The maximum absolute atomic E-state index is 12.9. The number of ether oxygens (including phenoxy) is 1. The van der Waals surface area contributed by atoms with Crippen molar-refractivity contribution in [2.75, 3.05) is 43.6 Å². The summed E-state index contributed by atoms with van der Waals surface area (Å²) in [7, 11) is 1.70. The Morgan fingerprint density at radius 3 is 2.61 bits per heavy atom. The number of carbonyl (C=O) groups excluding carboxylic acids is 2. The summed E-state index contributed by atoms with van der Waals surface area (Å²) >= 11 is 0. The van der Waals surface area contributed by atoms with Crippen molar-refractivity contribution in [3.8, 4) is 11.4 Å². The minimum atomic E-state index is -0.651. The third-order valence-electron chi connectivity index (χ3n) is 8.08. The van der Waals surface area contributed by atoms with Gasteiger partial charge in [0.05, 0.1) is 36.5 Å². The number of urea groups is 1. The molecule has 204 valence electrons. The molecular weight excluding hydrogens is 482 g/mol. The number of benzene rings is 1. The standard InChI is InChI=1S/C28H39N7O3/c1-6-30-27(37)31-19-9-7-18(8-10-19)24-32-23-21(25(33-24)34-13-14-38-16-17(34)2)15-20-11-12-22(23)35(20)28(3,4)26(36)29-5/h7-10,17,20,22H,6,11-16H2,1-5H3,(H,29,36)(H2,30,31,37)/t17-,20-,22+/m0/s1. The van der Waals surface area contributed by atoms with Crippen molar-refractivity contribution in [1.82, 2.24) is 25.5 Å². The third kappa shape index (κ3) is 4.71. The summed E-state index contributed by atoms with van der Waals surface area (Å²) in [6, 6.07) is 7.93. The van der Waals surface area contributed by atoms with Crippen LogP contribution in [0.25, 0.3) is 11.4 Å². The van der Waals surface area contributed by atoms with Gasteiger partial charge in [-0.05, 0) is 71.2 Å². The maximum Gasteiger partial charge on any atom is 0.319 e. The van der Waals surface area contributed by atoms with Gasteiger partial charge >= 0.3 is 6.03 Å². The second-order valence-electron chi connectivity index (χ2n) is 10.9. The van der Waals surface area contributed by atoms with E-state index >= 15 is 0 Å². The maximum atomic E-state index is 12.9. The molecule has 3 amide bonds. The van der Waals surface area contributed by atoms with E-state index in [1.54, 1.807) is 7.05 Å². The number of hydrogen-bond donors (Lipinski definition) is 3. The van der Waals surface area contributed by atoms with Gasteiger partial charge in [0.1, 0.15) is 5.82 Å². The Morgan fingerprint density at radius 1 is 1.16 bits per heavy atom. The predicted molar refractivity (Wildman–Crippen MR) is 147 cm³/mol. The van der Waals surface area contributed by atoms with Crippen LogP contribution >= 0.6 is 0 Å². The Labute approximate surface area is 224 Å². The molecule has 2 bridgehead atoms. The Kier molecular flexibility index (Phi) is 7.28. The number of amides is 3. The molecule has 2 aromatic rings. The van der Waals surface area contributed by atoms with Crippen LogP contribution in [0.15, 0.2) is 24.3 Å². The summed E-state index contributed by atoms with van der Waals surface area (Å²) in [4.78, 5) is 39.9. The lowest BCUT2D eigenvalue weighted by Gasteiger charge is -2.46. The fourth-order valence-electron chi connectivity index (χ4n) is 6.26. The normalized spacial score (nSPS) is 23.1. The molecule has 3 aliphatic rings. The first-order valence-electron chi connectivity index (χ1n) is 13.7. The number of likely N-dealkylation sites (N-methyl/N-ethyl adjacent to an activating group) is 1. The van der Waals surface area contributed by atoms with Crippen LogP contribution in [-0.2, 0) is 16.0 Å². The van der Waals surface area contributed by atoms with Gasteiger partial charge in [-0.15, -0.1) is 0 Å². The van der Waals surface area contributed by atoms with Gasteiger partial charge in [0, 0.05) is 43.0 Å². The zero-order valence-electron chi connectivity index (χ0n) is 23.0. The van der Waals surface area contributed by atoms with Gasteiger partial charge in [0.15, 0.2) is 5.82 Å². The molecule has 1 aromatic heterocycles. The number of nitrogens with zero attached hydrogens (tertiary/aromatic N) is 4. The van der Waals surface area contributed by atoms with E-state index in [1.165, 1.54) is 5.56 Å². The highest BCUT2D eigenvalue weighted by molar-refractivity contribution is 5.89. The van der Waals surface area contributed by atoms with Crippen molar-refractivity contribution in [3.63, 3.8) is 0 Å². The minimum Gasteiger partial charge on any atom is -0.377 e. The monoisotopic (exact) mass is 521 g/mol. The molecule has 0 spiro atoms. The highest BCUT2D eigenvalue weighted by Gasteiger charge is 2.51. The van der Waals surface area contributed by atoms with Crippen LogP contribution < -0.4 is 20.9 Å². The van der Waals surface area contributed by atoms with Gasteiger partial charge in [-0.2, -0.15) is 0 Å². The fraction of sp³-hybridized carbons (Fsp3) is 0.571. The van der Waals surface area contributed by atoms with E-state index in [4.69, 9.17) is 14.7 Å². The summed E-state index contributed by atoms with van der Waals surface area (Å²) in [6.45, 7) is 10.7. The number of rotatable bonds is 6. The van der Waals surface area contributed by atoms with E-state index in [2.05, 4.69) is 32.7 Å². The van der Waals surface area contributed by atoms with E-state index in [9.17, 15) is 9.59 Å². The largest absolute Gasteiger partial charge is 0.377 e. The van der Waals surface area contributed by atoms with Crippen molar-refractivity contribution >= 4 is 23.4 Å². The van der Waals surface area contributed by atoms with Crippen molar-refractivity contribution in [3.05, 3.63) is 35.5 Å². The lowest BCUT2D eigenvalue weighted by molar-refractivity contribution is -0.133. The Bertz CT molecular complexity index is 1200. The molecule has 10 nitrogen and oxygen atoms in total. The third-order valence-corrected chi connectivity index (χ3v) is 8.08. The zero-order valence-corrected chi connectivity index (χ0v) is 23.0. The lowest BCUT2D eigenvalue weighted by Crippen LogP contribution is -2.58. The molecule has 3 N–H and O–H groups in total. The van der Waals surface area contributed by atoms with Crippen LogP contribution in [0.5, 0.6) is 0 Å². The van der Waals surface area contributed by atoms with Crippen molar-refractivity contribution < 1.29 is 14.3 Å². The van der Waals surface area contributed by atoms with Crippen LogP contribution in [0.3, 0.4) is 0 Å². The fourth-order valence-corrected chi connectivity index (χ4v) is 6.26. The van der Waals surface area contributed by atoms with Crippen molar-refractivity contribution in [1.29, 1.82) is 0 Å². The molecule has 2 saturated heterocycles. The van der Waals surface area contributed by atoms with E-state index < -0.39 is 5.54 Å². The lowest BCUT2D eigenvalue weighted by atomic mass is 9.90. The van der Waals surface area contributed by atoms with Crippen LogP contribution in [0.2, 0.25) is 0 Å². The SMILES string of the molecule is CCNC(=O)Nc1ccc(-c2nc3c(c(N4CCOC[C@@H]4C)n2)C[C@@H]2CC[C@H]3N2C(C)(C)C(=O)NC)cc1. The number of hydrogen-bond acceptors (Lipinski definition) is 7. The average molecular weight is 522 g/mol. The second kappa shape index (κ2) is 10.5. The first kappa shape index (κ1) is 26.4. The van der Waals surface area contributed by atoms with Gasteiger partial charge in [-0.25, -0.2) is 14.8 Å². The topological polar surface area (TPSA) is 112 Å². The number of fused-ring (bicyclic) bond motifs is 4. The molecule has 0 aliphatic carbocycles. The van der Waals surface area contributed by atoms with Crippen molar-refractivity contribution in [2.24, 2.45) is 0 Å². The molecule has 10 heteroatoms. The highest BCUT2D eigenvalue weighted by atomic mass is 16.5. The number of carbonyl (C=O) groups is 2. The Balaban J connectivity index is 1.57. The predicted octanol–water partition coefficient (Wildman–Crippen LogP) is 3.10. The molecule has 3 aliphatic heterocycles. The van der Waals surface area contributed by atoms with E-state index in [0.717, 1.165) is 42.9 Å². The number of nitrogens with one attached hydrogen (secondary N) is 3. The Hall–Kier alpha value is -3.24. The summed E-state index contributed by atoms with van der Waals surface area (Å²) in [5.74, 6) is 1.66. The number of anilines is 2. The summed E-state index contributed by atoms with van der Waals surface area (Å²) < 4.78 is 5.73. The summed E-state index contributed by atoms with van der Waals surface area (Å²) in [5.41, 5.74) is 3.17. The molecular formula is C28H39N7O3. The van der Waals surface area contributed by atoms with E-state index in [0.29, 0.717) is 31.3 Å². The van der Waals surface area contributed by atoms with Gasteiger partial charge < -0.3 is 25.6 Å². The molecule has 1 aromatic carbocycles. The summed E-state index contributed by atoms with van der Waals surface area (Å²) in [5, 5.41) is 8.44. The quantitative estimate of drug-likeness (QED) is 0.536. The van der Waals surface area contributed by atoms with Gasteiger partial charge in [0.25, 0.3) is 0 Å². The van der Waals surface area contributed by atoms with Crippen LogP contribution in [-0.4, -0.2) is 77.8 Å². The Morgan fingerprint density at radius 2 is 1.92 bits per heavy atom. The molecule has 3 atom stereocenters. The first-order valence-corrected chi connectivity index (χ1v) is 13.7. The molecule has 0 radical (unpaired) electrons. The summed E-state index contributed by atoms with van der Waals surface area (Å²) in [6.07, 6.45) is 2.80. The van der Waals surface area contributed by atoms with Crippen LogP contribution in [0.1, 0.15) is 57.8 Å². The number of morpholine rings is 1. The molecule has 38 heavy (non-hydrogen) atoms. The average Bonchev–Trinajstić information content (AvgIpc) is 3.25. The van der Waals surface area contributed by atoms with Crippen molar-refractivity contribution in [2.45, 2.75) is 70.6 Å². The molecule has 0 saturated carbocycles. The van der Waals surface area contributed by atoms with E-state index in [1.807, 2.05) is 45.0 Å². The zero-order chi connectivity index (χ0) is 27.0. The molecule has 4 heterocycles. The minimum absolute atomic E-state index is 0.0179. The molecule has 2 fully saturated rings. The highest BCUT2D eigenvalue weighted by Crippen LogP contribution is 2.49. The van der Waals surface area contributed by atoms with E-state index in [-0.39, 0.29) is 30.1 Å². The van der Waals surface area contributed by atoms with Gasteiger partial charge in [-0.3, -0.25) is 9.69 Å². The first-order chi connectivity index (χ1) is 18.2. The molecule has 0 unspecified atom stereocenters. The smallest absolute Gasteiger partial charge is 0.319 e.